The van der Waals surface area contributed by atoms with E-state index in [1.807, 2.05) is 29.6 Å². The second-order valence-corrected chi connectivity index (χ2v) is 5.83. The number of thiophene rings is 1. The van der Waals surface area contributed by atoms with Gasteiger partial charge in [-0.05, 0) is 47.0 Å². The van der Waals surface area contributed by atoms with E-state index in [2.05, 4.69) is 11.4 Å². The van der Waals surface area contributed by atoms with E-state index in [1.165, 1.54) is 17.3 Å². The van der Waals surface area contributed by atoms with Gasteiger partial charge in [0.25, 0.3) is 0 Å². The van der Waals surface area contributed by atoms with E-state index in [9.17, 15) is 4.79 Å². The molecular weight excluding hydrogens is 252 g/mol. The van der Waals surface area contributed by atoms with Crippen molar-refractivity contribution in [1.29, 1.82) is 0 Å². The van der Waals surface area contributed by atoms with Crippen LogP contribution in [0.1, 0.15) is 6.92 Å². The first-order chi connectivity index (χ1) is 8.16. The summed E-state index contributed by atoms with van der Waals surface area (Å²) in [4.78, 5) is 11.8. The van der Waals surface area contributed by atoms with Gasteiger partial charge in [-0.2, -0.15) is 11.3 Å². The Morgan fingerprint density at radius 3 is 2.82 bits per heavy atom. The molecule has 1 atom stereocenters. The van der Waals surface area contributed by atoms with Gasteiger partial charge in [0.1, 0.15) is 5.25 Å². The number of aliphatic carboxylic acids is 1. The van der Waals surface area contributed by atoms with Crippen LogP contribution in [0.4, 0.5) is 0 Å². The summed E-state index contributed by atoms with van der Waals surface area (Å²) in [5.74, 6) is -0.782. The molecule has 2 nitrogen and oxygen atoms in total. The van der Waals surface area contributed by atoms with Crippen LogP contribution in [0.2, 0.25) is 0 Å². The third kappa shape index (κ3) is 3.11. The molecule has 1 aromatic carbocycles. The monoisotopic (exact) mass is 264 g/mol. The van der Waals surface area contributed by atoms with Crippen LogP contribution in [0.5, 0.6) is 0 Å². The zero-order valence-electron chi connectivity index (χ0n) is 9.29. The molecule has 0 saturated carbocycles. The Hall–Kier alpha value is -1.26. The quantitative estimate of drug-likeness (QED) is 0.849. The van der Waals surface area contributed by atoms with Gasteiger partial charge in [0, 0.05) is 4.90 Å². The van der Waals surface area contributed by atoms with Gasteiger partial charge in [-0.15, -0.1) is 11.8 Å². The zero-order valence-corrected chi connectivity index (χ0v) is 10.9. The number of thioether (sulfide) groups is 1. The molecule has 0 amide bonds. The first-order valence-electron chi connectivity index (χ1n) is 5.19. The van der Waals surface area contributed by atoms with Crippen molar-refractivity contribution in [3.05, 3.63) is 41.1 Å². The normalized spacial score (nSPS) is 12.3. The number of benzene rings is 1. The Balaban J connectivity index is 2.20. The van der Waals surface area contributed by atoms with E-state index in [0.717, 1.165) is 10.5 Å². The van der Waals surface area contributed by atoms with Gasteiger partial charge < -0.3 is 5.11 Å². The molecule has 88 valence electrons. The summed E-state index contributed by atoms with van der Waals surface area (Å²) in [6.45, 7) is 1.70. The molecule has 4 heteroatoms. The van der Waals surface area contributed by atoms with Crippen LogP contribution < -0.4 is 0 Å². The molecule has 0 spiro atoms. The Morgan fingerprint density at radius 1 is 1.35 bits per heavy atom. The number of hydrogen-bond acceptors (Lipinski definition) is 3. The molecule has 1 unspecified atom stereocenters. The molecule has 0 saturated heterocycles. The molecule has 2 aromatic rings. The van der Waals surface area contributed by atoms with Gasteiger partial charge in [0.05, 0.1) is 0 Å². The molecule has 2 rings (SSSR count). The minimum Gasteiger partial charge on any atom is -0.480 e. The van der Waals surface area contributed by atoms with Gasteiger partial charge in [0.15, 0.2) is 0 Å². The van der Waals surface area contributed by atoms with Crippen molar-refractivity contribution in [2.75, 3.05) is 0 Å². The smallest absolute Gasteiger partial charge is 0.316 e. The summed E-state index contributed by atoms with van der Waals surface area (Å²) >= 11 is 3.03. The molecule has 0 fully saturated rings. The Morgan fingerprint density at radius 2 is 2.18 bits per heavy atom. The van der Waals surface area contributed by atoms with Crippen molar-refractivity contribution in [3.63, 3.8) is 0 Å². The topological polar surface area (TPSA) is 37.3 Å². The fourth-order valence-electron chi connectivity index (χ4n) is 1.43. The lowest BCUT2D eigenvalue weighted by molar-refractivity contribution is -0.136. The SMILES string of the molecule is CC(Sc1cccc(-c2ccsc2)c1)C(=O)O. The van der Waals surface area contributed by atoms with E-state index in [1.54, 1.807) is 18.3 Å². The highest BCUT2D eigenvalue weighted by atomic mass is 32.2. The fraction of sp³-hybridized carbons (Fsp3) is 0.154. The highest BCUT2D eigenvalue weighted by molar-refractivity contribution is 8.00. The Bertz CT molecular complexity index is 506. The predicted molar refractivity (Wildman–Crippen MR) is 72.7 cm³/mol. The van der Waals surface area contributed by atoms with Gasteiger partial charge in [-0.1, -0.05) is 12.1 Å². The van der Waals surface area contributed by atoms with Gasteiger partial charge in [0.2, 0.25) is 0 Å². The minimum absolute atomic E-state index is 0.423. The first-order valence-corrected chi connectivity index (χ1v) is 7.01. The van der Waals surface area contributed by atoms with Crippen molar-refractivity contribution in [3.8, 4) is 11.1 Å². The maximum Gasteiger partial charge on any atom is 0.316 e. The summed E-state index contributed by atoms with van der Waals surface area (Å²) in [5, 5.41) is 12.6. The summed E-state index contributed by atoms with van der Waals surface area (Å²) < 4.78 is 0. The molecule has 1 aromatic heterocycles. The lowest BCUT2D eigenvalue weighted by Crippen LogP contribution is -2.10. The number of carboxylic acids is 1. The van der Waals surface area contributed by atoms with Crippen molar-refractivity contribution in [2.45, 2.75) is 17.1 Å². The number of carboxylic acid groups (broad SMARTS) is 1. The molecule has 0 bridgehead atoms. The van der Waals surface area contributed by atoms with Crippen LogP contribution in [0.15, 0.2) is 46.0 Å². The lowest BCUT2D eigenvalue weighted by atomic mass is 10.1. The third-order valence-electron chi connectivity index (χ3n) is 2.35. The molecular formula is C13H12O2S2. The van der Waals surface area contributed by atoms with Crippen LogP contribution in [0.3, 0.4) is 0 Å². The van der Waals surface area contributed by atoms with Crippen LogP contribution in [-0.4, -0.2) is 16.3 Å². The van der Waals surface area contributed by atoms with Gasteiger partial charge >= 0.3 is 5.97 Å². The highest BCUT2D eigenvalue weighted by Crippen LogP contribution is 2.29. The van der Waals surface area contributed by atoms with E-state index in [0.29, 0.717) is 0 Å². The molecule has 1 N–H and O–H groups in total. The Kier molecular flexibility index (Phi) is 3.86. The van der Waals surface area contributed by atoms with E-state index < -0.39 is 11.2 Å². The number of carbonyl (C=O) groups is 1. The largest absolute Gasteiger partial charge is 0.480 e. The number of hydrogen-bond donors (Lipinski definition) is 1. The van der Waals surface area contributed by atoms with Gasteiger partial charge in [-0.25, -0.2) is 0 Å². The lowest BCUT2D eigenvalue weighted by Gasteiger charge is -2.07. The number of rotatable bonds is 4. The molecule has 1 heterocycles. The second kappa shape index (κ2) is 5.38. The minimum atomic E-state index is -0.782. The van der Waals surface area contributed by atoms with Crippen LogP contribution >= 0.6 is 23.1 Å². The molecule has 0 radical (unpaired) electrons. The summed E-state index contributed by atoms with van der Waals surface area (Å²) in [6, 6.07) is 10.0. The highest BCUT2D eigenvalue weighted by Gasteiger charge is 2.12. The van der Waals surface area contributed by atoms with E-state index in [4.69, 9.17) is 5.11 Å². The van der Waals surface area contributed by atoms with Crippen molar-refractivity contribution >= 4 is 29.1 Å². The summed E-state index contributed by atoms with van der Waals surface area (Å²) in [6.07, 6.45) is 0. The van der Waals surface area contributed by atoms with Crippen molar-refractivity contribution in [2.24, 2.45) is 0 Å². The van der Waals surface area contributed by atoms with Crippen molar-refractivity contribution < 1.29 is 9.90 Å². The van der Waals surface area contributed by atoms with E-state index >= 15 is 0 Å². The van der Waals surface area contributed by atoms with Crippen LogP contribution in [-0.2, 0) is 4.79 Å². The molecule has 0 aliphatic heterocycles. The molecule has 0 aliphatic rings. The first kappa shape index (κ1) is 12.2. The Labute approximate surface area is 108 Å². The predicted octanol–water partition coefficient (Wildman–Crippen LogP) is 3.98. The zero-order chi connectivity index (χ0) is 12.3. The van der Waals surface area contributed by atoms with Crippen LogP contribution in [0.25, 0.3) is 11.1 Å². The maximum atomic E-state index is 10.8. The van der Waals surface area contributed by atoms with Crippen LogP contribution in [0, 0.1) is 0 Å². The van der Waals surface area contributed by atoms with E-state index in [-0.39, 0.29) is 0 Å². The molecule has 17 heavy (non-hydrogen) atoms. The maximum absolute atomic E-state index is 10.8. The van der Waals surface area contributed by atoms with Gasteiger partial charge in [-0.3, -0.25) is 4.79 Å². The fourth-order valence-corrected chi connectivity index (χ4v) is 2.96. The summed E-state index contributed by atoms with van der Waals surface area (Å²) in [5.41, 5.74) is 2.31. The third-order valence-corrected chi connectivity index (χ3v) is 4.11. The standard InChI is InChI=1S/C13H12O2S2/c1-9(13(14)15)17-12-4-2-3-10(7-12)11-5-6-16-8-11/h2-9H,1H3,(H,14,15). The molecule has 0 aliphatic carbocycles. The summed E-state index contributed by atoms with van der Waals surface area (Å²) in [7, 11) is 0. The van der Waals surface area contributed by atoms with Crippen molar-refractivity contribution in [1.82, 2.24) is 0 Å². The average Bonchev–Trinajstić information content (AvgIpc) is 2.82. The average molecular weight is 264 g/mol. The second-order valence-electron chi connectivity index (χ2n) is 3.64.